The molecule has 1 saturated heterocycles. The van der Waals surface area contributed by atoms with Crippen LogP contribution in [0.1, 0.15) is 36.8 Å². The highest BCUT2D eigenvalue weighted by atomic mass is 15.2. The van der Waals surface area contributed by atoms with Gasteiger partial charge in [0, 0.05) is 11.6 Å². The van der Waals surface area contributed by atoms with Crippen LogP contribution in [0, 0.1) is 0 Å². The summed E-state index contributed by atoms with van der Waals surface area (Å²) in [5.41, 5.74) is 2.90. The number of hydrogen-bond donors (Lipinski definition) is 2. The van der Waals surface area contributed by atoms with E-state index in [9.17, 15) is 0 Å². The summed E-state index contributed by atoms with van der Waals surface area (Å²) in [4.78, 5) is 2.74. The Hall–Kier alpha value is -1.68. The fourth-order valence-electron chi connectivity index (χ4n) is 4.74. The van der Waals surface area contributed by atoms with E-state index in [1.807, 2.05) is 0 Å². The van der Waals surface area contributed by atoms with Crippen LogP contribution >= 0.6 is 0 Å². The van der Waals surface area contributed by atoms with E-state index in [2.05, 4.69) is 90.3 Å². The first-order valence-electron chi connectivity index (χ1n) is 10.9. The Morgan fingerprint density at radius 2 is 1.39 bits per heavy atom. The SMILES string of the molecule is CNCCC(CC(Cc1ccccc1)(Cc1ccccc1)NC)N1CCCC1. The third-order valence-corrected chi connectivity index (χ3v) is 6.31. The predicted octanol–water partition coefficient (Wildman–Crippen LogP) is 3.89. The first kappa shape index (κ1) is 21.0. The number of likely N-dealkylation sites (tertiary alicyclic amines) is 1. The molecule has 0 spiro atoms. The number of likely N-dealkylation sites (N-methyl/N-ethyl adjacent to an activating group) is 1. The molecule has 0 aromatic heterocycles. The van der Waals surface area contributed by atoms with Gasteiger partial charge in [-0.1, -0.05) is 60.7 Å². The van der Waals surface area contributed by atoms with E-state index in [0.717, 1.165) is 19.4 Å². The average molecular weight is 380 g/mol. The Morgan fingerprint density at radius 3 is 1.86 bits per heavy atom. The predicted molar refractivity (Wildman–Crippen MR) is 120 cm³/mol. The summed E-state index contributed by atoms with van der Waals surface area (Å²) < 4.78 is 0. The smallest absolute Gasteiger partial charge is 0.0273 e. The van der Waals surface area contributed by atoms with Gasteiger partial charge in [-0.15, -0.1) is 0 Å². The molecule has 3 rings (SSSR count). The van der Waals surface area contributed by atoms with Crippen LogP contribution in [0.2, 0.25) is 0 Å². The molecule has 0 amide bonds. The maximum Gasteiger partial charge on any atom is 0.0273 e. The number of benzene rings is 2. The zero-order valence-electron chi connectivity index (χ0n) is 17.7. The first-order chi connectivity index (χ1) is 13.7. The molecule has 1 aliphatic rings. The molecule has 2 aromatic carbocycles. The summed E-state index contributed by atoms with van der Waals surface area (Å²) in [5.74, 6) is 0. The number of rotatable bonds is 11. The fraction of sp³-hybridized carbons (Fsp3) is 0.520. The molecule has 2 N–H and O–H groups in total. The Labute approximate surface area is 171 Å². The molecular formula is C25H37N3. The van der Waals surface area contributed by atoms with Crippen molar-refractivity contribution < 1.29 is 0 Å². The molecular weight excluding hydrogens is 342 g/mol. The maximum absolute atomic E-state index is 3.80. The Kier molecular flexibility index (Phi) is 8.08. The van der Waals surface area contributed by atoms with E-state index in [4.69, 9.17) is 0 Å². The topological polar surface area (TPSA) is 27.3 Å². The number of nitrogens with one attached hydrogen (secondary N) is 2. The largest absolute Gasteiger partial charge is 0.320 e. The minimum atomic E-state index is 0.0592. The van der Waals surface area contributed by atoms with Gasteiger partial charge < -0.3 is 15.5 Å². The van der Waals surface area contributed by atoms with Gasteiger partial charge >= 0.3 is 0 Å². The van der Waals surface area contributed by atoms with Gasteiger partial charge in [-0.2, -0.15) is 0 Å². The Bertz CT molecular complexity index is 623. The molecule has 1 atom stereocenters. The van der Waals surface area contributed by atoms with Crippen LogP contribution in [-0.2, 0) is 12.8 Å². The van der Waals surface area contributed by atoms with Crippen LogP contribution in [0.3, 0.4) is 0 Å². The molecule has 1 aliphatic heterocycles. The number of nitrogens with zero attached hydrogens (tertiary/aromatic N) is 1. The van der Waals surface area contributed by atoms with Gasteiger partial charge in [0.2, 0.25) is 0 Å². The van der Waals surface area contributed by atoms with Crippen molar-refractivity contribution in [2.75, 3.05) is 33.7 Å². The molecule has 3 heteroatoms. The van der Waals surface area contributed by atoms with Crippen molar-refractivity contribution in [1.29, 1.82) is 0 Å². The van der Waals surface area contributed by atoms with E-state index in [1.165, 1.54) is 49.9 Å². The zero-order valence-corrected chi connectivity index (χ0v) is 17.7. The molecule has 0 aliphatic carbocycles. The highest BCUT2D eigenvalue weighted by molar-refractivity contribution is 5.23. The first-order valence-corrected chi connectivity index (χ1v) is 10.9. The van der Waals surface area contributed by atoms with Crippen LogP contribution in [0.4, 0.5) is 0 Å². The Balaban J connectivity index is 1.85. The van der Waals surface area contributed by atoms with Crippen molar-refractivity contribution >= 4 is 0 Å². The van der Waals surface area contributed by atoms with Crippen LogP contribution in [0.15, 0.2) is 60.7 Å². The molecule has 0 saturated carbocycles. The van der Waals surface area contributed by atoms with Gasteiger partial charge in [0.15, 0.2) is 0 Å². The van der Waals surface area contributed by atoms with Crippen LogP contribution in [0.25, 0.3) is 0 Å². The molecule has 1 unspecified atom stereocenters. The number of hydrogen-bond acceptors (Lipinski definition) is 3. The van der Waals surface area contributed by atoms with Gasteiger partial charge in [0.1, 0.15) is 0 Å². The minimum absolute atomic E-state index is 0.0592. The average Bonchev–Trinajstić information content (AvgIpc) is 3.27. The fourth-order valence-corrected chi connectivity index (χ4v) is 4.74. The molecule has 28 heavy (non-hydrogen) atoms. The summed E-state index contributed by atoms with van der Waals surface area (Å²) in [6.07, 6.45) is 7.20. The molecule has 152 valence electrons. The molecule has 1 heterocycles. The summed E-state index contributed by atoms with van der Waals surface area (Å²) in [7, 11) is 4.23. The van der Waals surface area contributed by atoms with Crippen molar-refractivity contribution in [3.05, 3.63) is 71.8 Å². The standard InChI is InChI=1S/C25H37N3/c1-26-16-15-24(28-17-9-10-18-28)21-25(27-2,19-22-11-5-3-6-12-22)20-23-13-7-4-8-14-23/h3-8,11-14,24,26-27H,9-10,15-21H2,1-2H3. The van der Waals surface area contributed by atoms with Crippen LogP contribution in [0.5, 0.6) is 0 Å². The molecule has 2 aromatic rings. The highest BCUT2D eigenvalue weighted by Crippen LogP contribution is 2.29. The van der Waals surface area contributed by atoms with Gasteiger partial charge in [0.25, 0.3) is 0 Å². The van der Waals surface area contributed by atoms with E-state index in [1.54, 1.807) is 0 Å². The molecule has 0 radical (unpaired) electrons. The van der Waals surface area contributed by atoms with Gasteiger partial charge in [0.05, 0.1) is 0 Å². The van der Waals surface area contributed by atoms with Crippen LogP contribution in [-0.4, -0.2) is 50.2 Å². The monoisotopic (exact) mass is 379 g/mol. The van der Waals surface area contributed by atoms with Crippen molar-refractivity contribution in [3.8, 4) is 0 Å². The van der Waals surface area contributed by atoms with E-state index in [-0.39, 0.29) is 5.54 Å². The second kappa shape index (κ2) is 10.8. The van der Waals surface area contributed by atoms with Crippen molar-refractivity contribution in [3.63, 3.8) is 0 Å². The molecule has 3 nitrogen and oxygen atoms in total. The van der Waals surface area contributed by atoms with Crippen molar-refractivity contribution in [2.24, 2.45) is 0 Å². The summed E-state index contributed by atoms with van der Waals surface area (Å²) in [6.45, 7) is 3.59. The van der Waals surface area contributed by atoms with Gasteiger partial charge in [-0.25, -0.2) is 0 Å². The maximum atomic E-state index is 3.80. The summed E-state index contributed by atoms with van der Waals surface area (Å²) in [5, 5.41) is 7.17. The lowest BCUT2D eigenvalue weighted by Crippen LogP contribution is -2.52. The Morgan fingerprint density at radius 1 is 0.857 bits per heavy atom. The second-order valence-electron chi connectivity index (χ2n) is 8.35. The van der Waals surface area contributed by atoms with E-state index >= 15 is 0 Å². The van der Waals surface area contributed by atoms with E-state index < -0.39 is 0 Å². The molecule has 0 bridgehead atoms. The minimum Gasteiger partial charge on any atom is -0.320 e. The normalized spacial score (nSPS) is 16.4. The third-order valence-electron chi connectivity index (χ3n) is 6.31. The van der Waals surface area contributed by atoms with Crippen molar-refractivity contribution in [2.45, 2.75) is 50.1 Å². The summed E-state index contributed by atoms with van der Waals surface area (Å²) >= 11 is 0. The lowest BCUT2D eigenvalue weighted by Gasteiger charge is -2.40. The highest BCUT2D eigenvalue weighted by Gasteiger charge is 2.34. The quantitative estimate of drug-likeness (QED) is 0.620. The molecule has 1 fully saturated rings. The van der Waals surface area contributed by atoms with Gasteiger partial charge in [-0.3, -0.25) is 0 Å². The third kappa shape index (κ3) is 5.91. The lowest BCUT2D eigenvalue weighted by atomic mass is 9.79. The second-order valence-corrected chi connectivity index (χ2v) is 8.35. The van der Waals surface area contributed by atoms with E-state index in [0.29, 0.717) is 6.04 Å². The summed E-state index contributed by atoms with van der Waals surface area (Å²) in [6, 6.07) is 22.6. The van der Waals surface area contributed by atoms with Gasteiger partial charge in [-0.05, 0) is 83.4 Å². The zero-order chi connectivity index (χ0) is 19.7. The van der Waals surface area contributed by atoms with Crippen molar-refractivity contribution in [1.82, 2.24) is 15.5 Å². The van der Waals surface area contributed by atoms with Crippen LogP contribution < -0.4 is 10.6 Å². The lowest BCUT2D eigenvalue weighted by molar-refractivity contribution is 0.163.